The van der Waals surface area contributed by atoms with Crippen molar-refractivity contribution in [2.45, 2.75) is 51.9 Å². The van der Waals surface area contributed by atoms with E-state index in [9.17, 15) is 0 Å². The SMILES string of the molecule is CCCCCCCCc1ccc(N=Cc2ccccc2)cc1. The Morgan fingerprint density at radius 1 is 0.773 bits per heavy atom. The summed E-state index contributed by atoms with van der Waals surface area (Å²) in [5.41, 5.74) is 3.59. The van der Waals surface area contributed by atoms with Crippen LogP contribution in [0.2, 0.25) is 0 Å². The van der Waals surface area contributed by atoms with E-state index in [0.717, 1.165) is 11.3 Å². The number of hydrogen-bond donors (Lipinski definition) is 0. The predicted molar refractivity (Wildman–Crippen MR) is 97.2 cm³/mol. The van der Waals surface area contributed by atoms with E-state index in [1.165, 1.54) is 50.5 Å². The third kappa shape index (κ3) is 6.26. The Morgan fingerprint density at radius 2 is 1.45 bits per heavy atom. The maximum Gasteiger partial charge on any atom is 0.0630 e. The van der Waals surface area contributed by atoms with Gasteiger partial charge in [0.2, 0.25) is 0 Å². The van der Waals surface area contributed by atoms with Gasteiger partial charge in [0.15, 0.2) is 0 Å². The molecule has 1 nitrogen and oxygen atoms in total. The highest BCUT2D eigenvalue weighted by Gasteiger charge is 1.95. The van der Waals surface area contributed by atoms with E-state index < -0.39 is 0 Å². The number of hydrogen-bond acceptors (Lipinski definition) is 1. The van der Waals surface area contributed by atoms with Crippen molar-refractivity contribution < 1.29 is 0 Å². The molecule has 0 aromatic heterocycles. The third-order valence-electron chi connectivity index (χ3n) is 3.92. The van der Waals surface area contributed by atoms with Gasteiger partial charge in [-0.3, -0.25) is 4.99 Å². The summed E-state index contributed by atoms with van der Waals surface area (Å²) >= 11 is 0. The monoisotopic (exact) mass is 293 g/mol. The first kappa shape index (κ1) is 16.5. The van der Waals surface area contributed by atoms with Crippen molar-refractivity contribution in [2.75, 3.05) is 0 Å². The van der Waals surface area contributed by atoms with E-state index in [4.69, 9.17) is 0 Å². The fourth-order valence-corrected chi connectivity index (χ4v) is 2.55. The van der Waals surface area contributed by atoms with Crippen molar-refractivity contribution in [2.24, 2.45) is 4.99 Å². The largest absolute Gasteiger partial charge is 0.256 e. The molecule has 22 heavy (non-hydrogen) atoms. The molecule has 0 aliphatic heterocycles. The summed E-state index contributed by atoms with van der Waals surface area (Å²) in [4.78, 5) is 4.52. The molecule has 0 bridgehead atoms. The topological polar surface area (TPSA) is 12.4 Å². The lowest BCUT2D eigenvalue weighted by atomic mass is 10.0. The van der Waals surface area contributed by atoms with E-state index in [1.807, 2.05) is 24.4 Å². The second-order valence-corrected chi connectivity index (χ2v) is 5.85. The summed E-state index contributed by atoms with van der Waals surface area (Å²) < 4.78 is 0. The second-order valence-electron chi connectivity index (χ2n) is 5.85. The summed E-state index contributed by atoms with van der Waals surface area (Å²) in [6, 6.07) is 18.9. The Morgan fingerprint density at radius 3 is 2.18 bits per heavy atom. The summed E-state index contributed by atoms with van der Waals surface area (Å²) in [6.07, 6.45) is 11.2. The summed E-state index contributed by atoms with van der Waals surface area (Å²) in [6.45, 7) is 2.27. The molecule has 0 saturated carbocycles. The normalized spacial score (nSPS) is 11.1. The van der Waals surface area contributed by atoms with Crippen LogP contribution >= 0.6 is 0 Å². The molecule has 116 valence electrons. The molecule has 0 heterocycles. The fourth-order valence-electron chi connectivity index (χ4n) is 2.55. The van der Waals surface area contributed by atoms with Crippen LogP contribution in [-0.2, 0) is 6.42 Å². The molecule has 0 fully saturated rings. The van der Waals surface area contributed by atoms with E-state index in [2.05, 4.69) is 48.3 Å². The maximum atomic E-state index is 4.52. The van der Waals surface area contributed by atoms with Crippen LogP contribution in [0.5, 0.6) is 0 Å². The number of aryl methyl sites for hydroxylation is 1. The molecular weight excluding hydrogens is 266 g/mol. The fraction of sp³-hybridized carbons (Fsp3) is 0.381. The van der Waals surface area contributed by atoms with Gasteiger partial charge in [0.25, 0.3) is 0 Å². The van der Waals surface area contributed by atoms with Crippen LogP contribution < -0.4 is 0 Å². The zero-order valence-corrected chi connectivity index (χ0v) is 13.7. The smallest absolute Gasteiger partial charge is 0.0630 e. The minimum Gasteiger partial charge on any atom is -0.256 e. The van der Waals surface area contributed by atoms with Crippen LogP contribution in [0.25, 0.3) is 0 Å². The first-order valence-electron chi connectivity index (χ1n) is 8.56. The molecule has 1 heteroatoms. The van der Waals surface area contributed by atoms with E-state index in [-0.39, 0.29) is 0 Å². The highest BCUT2D eigenvalue weighted by atomic mass is 14.7. The van der Waals surface area contributed by atoms with Gasteiger partial charge < -0.3 is 0 Å². The first-order chi connectivity index (χ1) is 10.9. The van der Waals surface area contributed by atoms with Crippen LogP contribution in [-0.4, -0.2) is 6.21 Å². The van der Waals surface area contributed by atoms with E-state index in [0.29, 0.717) is 0 Å². The van der Waals surface area contributed by atoms with Crippen LogP contribution in [0.1, 0.15) is 56.6 Å². The summed E-state index contributed by atoms with van der Waals surface area (Å²) in [5, 5.41) is 0. The molecule has 0 aliphatic rings. The second kappa shape index (κ2) is 9.94. The molecule has 0 saturated heterocycles. The van der Waals surface area contributed by atoms with Crippen LogP contribution in [0.3, 0.4) is 0 Å². The average molecular weight is 293 g/mol. The first-order valence-corrected chi connectivity index (χ1v) is 8.56. The number of aliphatic imine (C=N–C) groups is 1. The zero-order chi connectivity index (χ0) is 15.5. The van der Waals surface area contributed by atoms with Gasteiger partial charge in [-0.05, 0) is 36.1 Å². The van der Waals surface area contributed by atoms with Gasteiger partial charge in [-0.1, -0.05) is 81.5 Å². The van der Waals surface area contributed by atoms with Gasteiger partial charge in [0, 0.05) is 6.21 Å². The van der Waals surface area contributed by atoms with Crippen molar-refractivity contribution in [3.05, 3.63) is 65.7 Å². The Balaban J connectivity index is 1.74. The number of unbranched alkanes of at least 4 members (excludes halogenated alkanes) is 5. The highest BCUT2D eigenvalue weighted by Crippen LogP contribution is 2.15. The molecule has 0 aliphatic carbocycles. The molecule has 0 N–H and O–H groups in total. The van der Waals surface area contributed by atoms with Gasteiger partial charge in [0.05, 0.1) is 5.69 Å². The van der Waals surface area contributed by atoms with Crippen molar-refractivity contribution >= 4 is 11.9 Å². The lowest BCUT2D eigenvalue weighted by Gasteiger charge is -2.02. The van der Waals surface area contributed by atoms with Gasteiger partial charge in [-0.25, -0.2) is 0 Å². The van der Waals surface area contributed by atoms with Crippen LogP contribution in [0.15, 0.2) is 59.6 Å². The number of benzene rings is 2. The van der Waals surface area contributed by atoms with E-state index in [1.54, 1.807) is 0 Å². The standard InChI is InChI=1S/C21H27N/c1-2-3-4-5-6-8-11-19-14-16-21(17-15-19)22-18-20-12-9-7-10-13-20/h7,9-10,12-18H,2-6,8,11H2,1H3. The molecule has 0 unspecified atom stereocenters. The Labute approximate surface area is 135 Å². The van der Waals surface area contributed by atoms with Crippen molar-refractivity contribution in [3.63, 3.8) is 0 Å². The molecule has 2 rings (SSSR count). The number of nitrogens with zero attached hydrogens (tertiary/aromatic N) is 1. The quantitative estimate of drug-likeness (QED) is 0.378. The maximum absolute atomic E-state index is 4.52. The van der Waals surface area contributed by atoms with Crippen molar-refractivity contribution in [1.82, 2.24) is 0 Å². The molecular formula is C21H27N. The van der Waals surface area contributed by atoms with Gasteiger partial charge >= 0.3 is 0 Å². The Hall–Kier alpha value is -1.89. The Kier molecular flexibility index (Phi) is 7.45. The van der Waals surface area contributed by atoms with Crippen LogP contribution in [0, 0.1) is 0 Å². The summed E-state index contributed by atoms with van der Waals surface area (Å²) in [5.74, 6) is 0. The minimum atomic E-state index is 1.02. The molecule has 0 spiro atoms. The van der Waals surface area contributed by atoms with Gasteiger partial charge in [-0.2, -0.15) is 0 Å². The van der Waals surface area contributed by atoms with Crippen LogP contribution in [0.4, 0.5) is 5.69 Å². The molecule has 0 atom stereocenters. The van der Waals surface area contributed by atoms with E-state index >= 15 is 0 Å². The van der Waals surface area contributed by atoms with Crippen molar-refractivity contribution in [1.29, 1.82) is 0 Å². The molecule has 0 amide bonds. The molecule has 2 aromatic carbocycles. The average Bonchev–Trinajstić information content (AvgIpc) is 2.58. The zero-order valence-electron chi connectivity index (χ0n) is 13.7. The van der Waals surface area contributed by atoms with Gasteiger partial charge in [-0.15, -0.1) is 0 Å². The third-order valence-corrected chi connectivity index (χ3v) is 3.92. The highest BCUT2D eigenvalue weighted by molar-refractivity contribution is 5.81. The number of rotatable bonds is 9. The minimum absolute atomic E-state index is 1.02. The lowest BCUT2D eigenvalue weighted by Crippen LogP contribution is -1.86. The predicted octanol–water partition coefficient (Wildman–Crippen LogP) is 6.34. The van der Waals surface area contributed by atoms with Crippen molar-refractivity contribution in [3.8, 4) is 0 Å². The molecule has 0 radical (unpaired) electrons. The lowest BCUT2D eigenvalue weighted by molar-refractivity contribution is 0.607. The summed E-state index contributed by atoms with van der Waals surface area (Å²) in [7, 11) is 0. The Bertz CT molecular complexity index is 540. The van der Waals surface area contributed by atoms with Gasteiger partial charge in [0.1, 0.15) is 0 Å². The molecule has 2 aromatic rings.